The molecule has 0 saturated heterocycles. The van der Waals surface area contributed by atoms with Crippen LogP contribution in [0.4, 0.5) is 0 Å². The minimum absolute atomic E-state index is 0. The molecule has 0 unspecified atom stereocenters. The highest BCUT2D eigenvalue weighted by atomic mass is 35.5. The highest BCUT2D eigenvalue weighted by molar-refractivity contribution is 6.16. The molecule has 3 nitrogen and oxygen atoms in total. The largest absolute Gasteiger partial charge is 0.315 e. The van der Waals surface area contributed by atoms with E-state index in [2.05, 4.69) is 88.5 Å². The van der Waals surface area contributed by atoms with E-state index in [0.29, 0.717) is 5.88 Å². The van der Waals surface area contributed by atoms with Crippen LogP contribution in [0, 0.1) is 0 Å². The van der Waals surface area contributed by atoms with Gasteiger partial charge in [0.25, 0.3) is 0 Å². The molecule has 0 aliphatic rings. The summed E-state index contributed by atoms with van der Waals surface area (Å²) in [6, 6.07) is 35.6. The Hall–Kier alpha value is -3.40. The predicted molar refractivity (Wildman–Crippen MR) is 137 cm³/mol. The van der Waals surface area contributed by atoms with Crippen LogP contribution in [0.5, 0.6) is 0 Å². The first-order chi connectivity index (χ1) is 15.8. The lowest BCUT2D eigenvalue weighted by Crippen LogP contribution is -2.38. The van der Waals surface area contributed by atoms with Crippen LogP contribution in [0.3, 0.4) is 0 Å². The van der Waals surface area contributed by atoms with Gasteiger partial charge < -0.3 is 4.57 Å². The second kappa shape index (κ2) is 10.0. The molecular weight excluding hydrogens is 449 g/mol. The van der Waals surface area contributed by atoms with Crippen LogP contribution in [-0.4, -0.2) is 14.5 Å². The maximum absolute atomic E-state index is 6.51. The molecule has 5 heteroatoms. The van der Waals surface area contributed by atoms with Crippen LogP contribution < -0.4 is 0 Å². The normalized spacial score (nSPS) is 11.1. The van der Waals surface area contributed by atoms with Crippen molar-refractivity contribution in [2.75, 3.05) is 0 Å². The number of benzene rings is 3. The molecule has 0 radical (unpaired) electrons. The first-order valence-electron chi connectivity index (χ1n) is 10.6. The van der Waals surface area contributed by atoms with E-state index in [4.69, 9.17) is 16.6 Å². The number of aromatic nitrogens is 3. The van der Waals surface area contributed by atoms with Crippen LogP contribution >= 0.6 is 24.0 Å². The van der Waals surface area contributed by atoms with E-state index in [0.717, 1.165) is 33.8 Å². The monoisotopic (exact) mass is 471 g/mol. The lowest BCUT2D eigenvalue weighted by Gasteiger charge is -2.38. The standard InChI is InChI=1S/C28H22ClN3.ClH/c29-20-27-31-26(22-16-18-30-19-17-22)21-32(27)28(23-10-4-1-5-11-23,24-12-6-2-7-13-24)25-14-8-3-9-15-25;/h1-19,21H,20H2;1H. The molecule has 0 bridgehead atoms. The van der Waals surface area contributed by atoms with Crippen molar-refractivity contribution in [1.29, 1.82) is 0 Å². The number of imidazole rings is 1. The molecule has 0 atom stereocenters. The van der Waals surface area contributed by atoms with E-state index in [-0.39, 0.29) is 12.4 Å². The Morgan fingerprint density at radius 3 is 1.55 bits per heavy atom. The van der Waals surface area contributed by atoms with Gasteiger partial charge in [-0.15, -0.1) is 24.0 Å². The van der Waals surface area contributed by atoms with Gasteiger partial charge in [0.05, 0.1) is 11.6 Å². The van der Waals surface area contributed by atoms with Crippen LogP contribution in [0.1, 0.15) is 22.5 Å². The van der Waals surface area contributed by atoms with Crippen molar-refractivity contribution in [2.24, 2.45) is 0 Å². The first kappa shape index (κ1) is 22.8. The van der Waals surface area contributed by atoms with Gasteiger partial charge in [0, 0.05) is 24.2 Å². The summed E-state index contributed by atoms with van der Waals surface area (Å²) in [7, 11) is 0. The number of hydrogen-bond acceptors (Lipinski definition) is 2. The molecule has 2 heterocycles. The molecule has 2 aromatic heterocycles. The van der Waals surface area contributed by atoms with Crippen molar-refractivity contribution >= 4 is 24.0 Å². The number of pyridine rings is 1. The van der Waals surface area contributed by atoms with Crippen molar-refractivity contribution < 1.29 is 0 Å². The van der Waals surface area contributed by atoms with Gasteiger partial charge in [0.15, 0.2) is 0 Å². The molecule has 5 rings (SSSR count). The molecule has 0 saturated carbocycles. The van der Waals surface area contributed by atoms with E-state index in [1.165, 1.54) is 0 Å². The minimum atomic E-state index is -0.633. The summed E-state index contributed by atoms with van der Waals surface area (Å²) >= 11 is 6.51. The molecule has 0 aliphatic heterocycles. The Morgan fingerprint density at radius 1 is 0.667 bits per heavy atom. The van der Waals surface area contributed by atoms with Gasteiger partial charge in [-0.05, 0) is 28.8 Å². The third-order valence-corrected chi connectivity index (χ3v) is 6.05. The molecule has 3 aromatic carbocycles. The Kier molecular flexibility index (Phi) is 6.93. The molecule has 0 aliphatic carbocycles. The van der Waals surface area contributed by atoms with Crippen molar-refractivity contribution in [2.45, 2.75) is 11.4 Å². The second-order valence-electron chi connectivity index (χ2n) is 7.59. The lowest BCUT2D eigenvalue weighted by molar-refractivity contribution is 0.500. The molecular formula is C28H23Cl2N3. The molecule has 0 amide bonds. The highest BCUT2D eigenvalue weighted by Gasteiger charge is 2.40. The Morgan fingerprint density at radius 2 is 1.12 bits per heavy atom. The predicted octanol–water partition coefficient (Wildman–Crippen LogP) is 6.95. The zero-order valence-electron chi connectivity index (χ0n) is 17.9. The fraction of sp³-hybridized carbons (Fsp3) is 0.0714. The van der Waals surface area contributed by atoms with E-state index >= 15 is 0 Å². The molecule has 164 valence electrons. The maximum atomic E-state index is 6.51. The van der Waals surface area contributed by atoms with Gasteiger partial charge in [-0.1, -0.05) is 91.0 Å². The summed E-state index contributed by atoms with van der Waals surface area (Å²) in [4.78, 5) is 9.10. The maximum Gasteiger partial charge on any atom is 0.125 e. The van der Waals surface area contributed by atoms with Gasteiger partial charge in [0.2, 0.25) is 0 Å². The van der Waals surface area contributed by atoms with Crippen LogP contribution in [-0.2, 0) is 11.4 Å². The zero-order valence-corrected chi connectivity index (χ0v) is 19.5. The quantitative estimate of drug-likeness (QED) is 0.198. The summed E-state index contributed by atoms with van der Waals surface area (Å²) in [6.45, 7) is 0. The summed E-state index contributed by atoms with van der Waals surface area (Å²) in [5.74, 6) is 1.09. The van der Waals surface area contributed by atoms with Gasteiger partial charge in [0.1, 0.15) is 11.4 Å². The van der Waals surface area contributed by atoms with Crippen LogP contribution in [0.2, 0.25) is 0 Å². The molecule has 33 heavy (non-hydrogen) atoms. The first-order valence-corrected chi connectivity index (χ1v) is 11.1. The average Bonchev–Trinajstić information content (AvgIpc) is 3.32. The van der Waals surface area contributed by atoms with Gasteiger partial charge in [-0.2, -0.15) is 0 Å². The fourth-order valence-corrected chi connectivity index (χ4v) is 4.61. The van der Waals surface area contributed by atoms with Crippen molar-refractivity contribution in [3.05, 3.63) is 144 Å². The highest BCUT2D eigenvalue weighted by Crippen LogP contribution is 2.42. The molecule has 0 spiro atoms. The Bertz CT molecular complexity index is 1190. The smallest absolute Gasteiger partial charge is 0.125 e. The summed E-state index contributed by atoms with van der Waals surface area (Å²) in [5.41, 5.74) is 4.67. The summed E-state index contributed by atoms with van der Waals surface area (Å²) in [6.07, 6.45) is 5.68. The van der Waals surface area contributed by atoms with E-state index < -0.39 is 5.54 Å². The van der Waals surface area contributed by atoms with Crippen LogP contribution in [0.15, 0.2) is 122 Å². The SMILES string of the molecule is Cl.ClCc1nc(-c2ccncc2)cn1C(c1ccccc1)(c1ccccc1)c1ccccc1. The third kappa shape index (κ3) is 4.06. The lowest BCUT2D eigenvalue weighted by atomic mass is 9.76. The van der Waals surface area contributed by atoms with E-state index in [1.54, 1.807) is 12.4 Å². The van der Waals surface area contributed by atoms with Crippen molar-refractivity contribution in [3.63, 3.8) is 0 Å². The summed E-state index contributed by atoms with van der Waals surface area (Å²) in [5, 5.41) is 0. The Balaban J connectivity index is 0.00000259. The zero-order chi connectivity index (χ0) is 21.8. The number of rotatable bonds is 6. The van der Waals surface area contributed by atoms with Crippen LogP contribution in [0.25, 0.3) is 11.3 Å². The second-order valence-corrected chi connectivity index (χ2v) is 7.86. The van der Waals surface area contributed by atoms with Gasteiger partial charge in [-0.25, -0.2) is 4.98 Å². The number of nitrogens with zero attached hydrogens (tertiary/aromatic N) is 3. The van der Waals surface area contributed by atoms with Gasteiger partial charge in [-0.3, -0.25) is 4.98 Å². The van der Waals surface area contributed by atoms with Crippen molar-refractivity contribution in [3.8, 4) is 11.3 Å². The summed E-state index contributed by atoms with van der Waals surface area (Å²) < 4.78 is 2.23. The topological polar surface area (TPSA) is 30.7 Å². The Labute approximate surface area is 205 Å². The average molecular weight is 472 g/mol. The van der Waals surface area contributed by atoms with E-state index in [9.17, 15) is 0 Å². The molecule has 0 fully saturated rings. The van der Waals surface area contributed by atoms with Crippen molar-refractivity contribution in [1.82, 2.24) is 14.5 Å². The fourth-order valence-electron chi connectivity index (χ4n) is 4.42. The third-order valence-electron chi connectivity index (χ3n) is 5.81. The molecule has 5 aromatic rings. The number of hydrogen-bond donors (Lipinski definition) is 0. The van der Waals surface area contributed by atoms with E-state index in [1.807, 2.05) is 30.3 Å². The minimum Gasteiger partial charge on any atom is -0.315 e. The number of alkyl halides is 1. The number of halogens is 2. The molecule has 0 N–H and O–H groups in total. The van der Waals surface area contributed by atoms with Gasteiger partial charge >= 0.3 is 0 Å².